The highest BCUT2D eigenvalue weighted by Crippen LogP contribution is 2.72. The Morgan fingerprint density at radius 3 is 2.60 bits per heavy atom. The zero-order valence-corrected chi connectivity index (χ0v) is 18.4. The molecule has 0 aromatic carbocycles. The first kappa shape index (κ1) is 22.4. The molecule has 0 radical (unpaired) electrons. The highest BCUT2D eigenvalue weighted by Gasteiger charge is 2.74. The Bertz CT molecular complexity index is 860. The smallest absolute Gasteiger partial charge is 0.245 e. The van der Waals surface area contributed by atoms with Gasteiger partial charge in [0, 0.05) is 16.7 Å². The van der Waals surface area contributed by atoms with Gasteiger partial charge in [-0.2, -0.15) is 0 Å². The van der Waals surface area contributed by atoms with E-state index >= 15 is 0 Å². The molecule has 2 unspecified atom stereocenters. The van der Waals surface area contributed by atoms with E-state index in [0.29, 0.717) is 12.0 Å². The number of rotatable bonds is 3. The average Bonchev–Trinajstić information content (AvgIpc) is 2.94. The summed E-state index contributed by atoms with van der Waals surface area (Å²) >= 11 is 14.2. The van der Waals surface area contributed by atoms with Gasteiger partial charge in [-0.1, -0.05) is 19.9 Å². The molecular weight excluding hydrogens is 437 g/mol. The molecule has 4 rings (SSSR count). The largest absolute Gasteiger partial charge is 0.388 e. The van der Waals surface area contributed by atoms with Gasteiger partial charge in [0.25, 0.3) is 0 Å². The second-order valence-electron chi connectivity index (χ2n) is 9.76. The summed E-state index contributed by atoms with van der Waals surface area (Å²) in [5.74, 6) is -3.00. The van der Waals surface area contributed by atoms with E-state index in [1.165, 1.54) is 12.2 Å². The Hall–Kier alpha value is -0.820. The lowest BCUT2D eigenvalue weighted by atomic mass is 9.44. The third-order valence-corrected chi connectivity index (χ3v) is 10.3. The molecule has 0 bridgehead atoms. The van der Waals surface area contributed by atoms with Crippen LogP contribution in [0.3, 0.4) is 0 Å². The van der Waals surface area contributed by atoms with Crippen LogP contribution in [0.15, 0.2) is 23.8 Å². The van der Waals surface area contributed by atoms with E-state index in [2.05, 4.69) is 0 Å². The van der Waals surface area contributed by atoms with Crippen LogP contribution >= 0.6 is 23.2 Å². The number of hydrogen-bond donors (Lipinski definition) is 2. The molecule has 0 amide bonds. The summed E-state index contributed by atoms with van der Waals surface area (Å²) in [6, 6.07) is 0. The molecule has 0 aromatic rings. The molecule has 0 heterocycles. The maximum Gasteiger partial charge on any atom is 0.245 e. The molecule has 8 heteroatoms. The molecule has 0 aromatic heterocycles. The molecule has 8 atom stereocenters. The maximum atomic E-state index is 14.2. The molecule has 4 aliphatic carbocycles. The summed E-state index contributed by atoms with van der Waals surface area (Å²) in [6.07, 6.45) is 2.34. The van der Waals surface area contributed by atoms with E-state index in [0.717, 1.165) is 0 Å². The number of aliphatic hydroxyl groups excluding tert-OH is 1. The van der Waals surface area contributed by atoms with E-state index in [4.69, 9.17) is 23.2 Å². The first-order valence-electron chi connectivity index (χ1n) is 10.3. The van der Waals surface area contributed by atoms with Crippen molar-refractivity contribution >= 4 is 34.8 Å². The Morgan fingerprint density at radius 2 is 2.00 bits per heavy atom. The second-order valence-corrected chi connectivity index (χ2v) is 10.9. The van der Waals surface area contributed by atoms with Gasteiger partial charge in [-0.25, -0.2) is 8.78 Å². The fourth-order valence-electron chi connectivity index (χ4n) is 7.10. The van der Waals surface area contributed by atoms with Crippen LogP contribution in [0.2, 0.25) is 0 Å². The van der Waals surface area contributed by atoms with Gasteiger partial charge in [0.1, 0.15) is 12.2 Å². The number of hydrogen-bond acceptors (Lipinski definition) is 4. The molecule has 4 aliphatic rings. The van der Waals surface area contributed by atoms with E-state index < -0.39 is 57.3 Å². The third kappa shape index (κ3) is 2.51. The van der Waals surface area contributed by atoms with Crippen molar-refractivity contribution in [2.75, 3.05) is 6.61 Å². The fourth-order valence-corrected chi connectivity index (χ4v) is 8.30. The van der Waals surface area contributed by atoms with Crippen molar-refractivity contribution < 1.29 is 28.6 Å². The lowest BCUT2D eigenvalue weighted by Gasteiger charge is -2.65. The molecule has 0 spiro atoms. The Balaban J connectivity index is 1.87. The third-order valence-electron chi connectivity index (χ3n) is 8.76. The van der Waals surface area contributed by atoms with Crippen LogP contribution in [0, 0.1) is 28.6 Å². The van der Waals surface area contributed by atoms with Gasteiger partial charge in [-0.15, -0.1) is 23.2 Å². The van der Waals surface area contributed by atoms with E-state index in [1.807, 2.05) is 0 Å². The van der Waals surface area contributed by atoms with Crippen molar-refractivity contribution in [1.82, 2.24) is 0 Å². The van der Waals surface area contributed by atoms with Crippen LogP contribution in [-0.2, 0) is 9.59 Å². The minimum Gasteiger partial charge on any atom is -0.388 e. The van der Waals surface area contributed by atoms with Gasteiger partial charge in [0.05, 0.1) is 10.3 Å². The number of ketones is 2. The van der Waals surface area contributed by atoms with Gasteiger partial charge in [0.2, 0.25) is 6.43 Å². The van der Waals surface area contributed by atoms with Crippen LogP contribution < -0.4 is 0 Å². The molecule has 3 fully saturated rings. The summed E-state index contributed by atoms with van der Waals surface area (Å²) in [7, 11) is 0. The van der Waals surface area contributed by atoms with Crippen molar-refractivity contribution in [2.45, 2.75) is 61.8 Å². The molecule has 3 saturated carbocycles. The Kier molecular flexibility index (Phi) is 5.10. The highest BCUT2D eigenvalue weighted by molar-refractivity contribution is 6.34. The molecule has 2 N–H and O–H groups in total. The van der Waals surface area contributed by atoms with Crippen molar-refractivity contribution in [3.8, 4) is 0 Å². The number of fused-ring (bicyclic) bond motifs is 5. The van der Waals surface area contributed by atoms with Crippen LogP contribution in [0.25, 0.3) is 0 Å². The minimum atomic E-state index is -2.68. The molecule has 30 heavy (non-hydrogen) atoms. The molecule has 166 valence electrons. The van der Waals surface area contributed by atoms with Crippen molar-refractivity contribution in [3.63, 3.8) is 0 Å². The number of Topliss-reactive ketones (excluding diaryl/α,β-unsaturated/α-hetero) is 1. The van der Waals surface area contributed by atoms with Crippen LogP contribution in [-0.4, -0.2) is 50.7 Å². The van der Waals surface area contributed by atoms with Gasteiger partial charge in [-0.05, 0) is 55.2 Å². The lowest BCUT2D eigenvalue weighted by Crippen LogP contribution is -2.68. The number of halogens is 4. The average molecular weight is 463 g/mol. The van der Waals surface area contributed by atoms with Gasteiger partial charge in [-0.3, -0.25) is 9.59 Å². The number of carbonyl (C=O) groups is 2. The van der Waals surface area contributed by atoms with Crippen LogP contribution in [0.5, 0.6) is 0 Å². The number of aliphatic hydroxyl groups is 2. The van der Waals surface area contributed by atoms with Crippen LogP contribution in [0.1, 0.15) is 39.5 Å². The second kappa shape index (κ2) is 6.84. The SMILES string of the molecule is C[C@]12C=CC(=O)C=C1C(C(F)F)C[C@H]1[C@@H]3CC[C@](O)(C(=O)CO)[C@@]3(C)CC(Cl)[C@@]12Cl. The molecular formula is C22H26Cl2F2O4. The monoisotopic (exact) mass is 462 g/mol. The lowest BCUT2D eigenvalue weighted by molar-refractivity contribution is -0.163. The Labute approximate surface area is 184 Å². The summed E-state index contributed by atoms with van der Waals surface area (Å²) in [6.45, 7) is 2.72. The molecule has 4 nitrogen and oxygen atoms in total. The first-order valence-corrected chi connectivity index (χ1v) is 11.1. The predicted molar refractivity (Wildman–Crippen MR) is 109 cm³/mol. The van der Waals surface area contributed by atoms with E-state index in [1.54, 1.807) is 19.9 Å². The zero-order valence-electron chi connectivity index (χ0n) is 16.9. The summed E-state index contributed by atoms with van der Waals surface area (Å²) in [5, 5.41) is 20.0. The topological polar surface area (TPSA) is 74.6 Å². The zero-order chi connectivity index (χ0) is 22.3. The molecule has 0 saturated heterocycles. The summed E-state index contributed by atoms with van der Waals surface area (Å²) in [4.78, 5) is 23.4. The normalized spacial score (nSPS) is 50.0. The van der Waals surface area contributed by atoms with Crippen LogP contribution in [0.4, 0.5) is 8.78 Å². The van der Waals surface area contributed by atoms with Gasteiger partial charge < -0.3 is 10.2 Å². The first-order chi connectivity index (χ1) is 13.9. The van der Waals surface area contributed by atoms with Gasteiger partial charge >= 0.3 is 0 Å². The van der Waals surface area contributed by atoms with Crippen molar-refractivity contribution in [3.05, 3.63) is 23.8 Å². The quantitative estimate of drug-likeness (QED) is 0.627. The fraction of sp³-hybridized carbons (Fsp3) is 0.727. The number of alkyl halides is 4. The minimum absolute atomic E-state index is 0.0244. The van der Waals surface area contributed by atoms with E-state index in [-0.39, 0.29) is 31.0 Å². The predicted octanol–water partition coefficient (Wildman–Crippen LogP) is 3.66. The van der Waals surface area contributed by atoms with Crippen molar-refractivity contribution in [1.29, 1.82) is 0 Å². The highest BCUT2D eigenvalue weighted by atomic mass is 35.5. The Morgan fingerprint density at radius 1 is 1.33 bits per heavy atom. The number of allylic oxidation sites excluding steroid dienone is 4. The number of carbonyl (C=O) groups excluding carboxylic acids is 2. The standard InChI is InChI=1S/C22H26Cl2F2O4/c1-19-5-3-11(28)7-14(19)12(18(25)26)8-15-13-4-6-21(30,17(29)10-27)20(13,2)9-16(23)22(15,19)24/h3,5,7,12-13,15-16,18,27,30H,4,6,8-10H2,1-2H3/t12?,13-,15-,16?,19-,20-,21-,22-/m0/s1. The summed E-state index contributed by atoms with van der Waals surface area (Å²) < 4.78 is 28.3. The van der Waals surface area contributed by atoms with Gasteiger partial charge in [0.15, 0.2) is 11.6 Å². The maximum absolute atomic E-state index is 14.2. The van der Waals surface area contributed by atoms with Crippen molar-refractivity contribution in [2.24, 2.45) is 28.6 Å². The van der Waals surface area contributed by atoms with E-state index in [9.17, 15) is 28.6 Å². The summed E-state index contributed by atoms with van der Waals surface area (Å²) in [5.41, 5.74) is -3.50. The molecule has 0 aliphatic heterocycles.